The van der Waals surface area contributed by atoms with Gasteiger partial charge in [-0.15, -0.1) is 0 Å². The van der Waals surface area contributed by atoms with Crippen LogP contribution in [-0.2, 0) is 17.1 Å². The van der Waals surface area contributed by atoms with Gasteiger partial charge in [0.25, 0.3) is 0 Å². The predicted molar refractivity (Wildman–Crippen MR) is 16.5 cm³/mol. The number of rotatable bonds is 0. The Labute approximate surface area is 107 Å². The molecule has 0 aromatic rings. The van der Waals surface area contributed by atoms with Gasteiger partial charge in [-0.3, -0.25) is 0 Å². The molecule has 0 saturated carbocycles. The second-order valence-corrected chi connectivity index (χ2v) is 0.500. The smallest absolute Gasteiger partial charge is 0.652 e. The van der Waals surface area contributed by atoms with Gasteiger partial charge >= 0.3 is 65.9 Å². The van der Waals surface area contributed by atoms with Gasteiger partial charge in [-0.25, -0.2) is 0 Å². The van der Waals surface area contributed by atoms with Crippen molar-refractivity contribution < 1.29 is 47.1 Å². The fraction of sp³-hybridized carbons (Fsp3) is 0. The summed E-state index contributed by atoms with van der Waals surface area (Å²) in [6.45, 7) is 0. The summed E-state index contributed by atoms with van der Waals surface area (Å²) in [5.74, 6) is 0. The van der Waals surface area contributed by atoms with E-state index in [1.807, 2.05) is 0 Å². The molecule has 0 N–H and O–H groups in total. The number of hydrogen-bond donors (Lipinski definition) is 0. The van der Waals surface area contributed by atoms with Gasteiger partial charge in [0, 0.05) is 0 Å². The Bertz CT molecular complexity index is 73.7. The quantitative estimate of drug-likeness (QED) is 0.410. The number of hydrogen-bond acceptors (Lipinski definition) is 6. The van der Waals surface area contributed by atoms with E-state index < -0.39 is 12.3 Å². The van der Waals surface area contributed by atoms with Crippen LogP contribution in [0.15, 0.2) is 0 Å². The van der Waals surface area contributed by atoms with Gasteiger partial charge in [0.1, 0.15) is 0 Å². The minimum absolute atomic E-state index is 0. The Balaban J connectivity index is -0.0000000300. The van der Waals surface area contributed by atoms with Crippen LogP contribution in [0.5, 0.6) is 0 Å². The Morgan fingerprint density at radius 2 is 0.800 bits per heavy atom. The fourth-order valence-corrected chi connectivity index (χ4v) is 0. The van der Waals surface area contributed by atoms with Crippen LogP contribution in [0.4, 0.5) is 9.59 Å². The van der Waals surface area contributed by atoms with Crippen molar-refractivity contribution in [1.82, 2.24) is 0 Å². The summed E-state index contributed by atoms with van der Waals surface area (Å²) in [6.07, 6.45) is -4.67. The van der Waals surface area contributed by atoms with Crippen molar-refractivity contribution in [3.8, 4) is 0 Å². The van der Waals surface area contributed by atoms with Crippen molar-refractivity contribution in [3.05, 3.63) is 0 Å². The van der Waals surface area contributed by atoms with Gasteiger partial charge in [0.05, 0.1) is 0 Å². The third-order valence-electron chi connectivity index (χ3n) is 0. The summed E-state index contributed by atoms with van der Waals surface area (Å²) < 4.78 is 0. The molecular weight excluding hydrogens is 321 g/mol. The summed E-state index contributed by atoms with van der Waals surface area (Å²) in [7, 11) is 0. The number of carbonyl (C=O) groups is 2. The maximum absolute atomic E-state index is 8.33. The molecule has 0 spiro atoms. The molecule has 6 nitrogen and oxygen atoms in total. The molecule has 1 radical (unpaired) electrons. The first-order valence-electron chi connectivity index (χ1n) is 1.22. The molecule has 0 aliphatic heterocycles. The average Bonchev–Trinajstić information content (AvgIpc) is 1.25. The van der Waals surface area contributed by atoms with Crippen molar-refractivity contribution in [3.63, 3.8) is 0 Å². The van der Waals surface area contributed by atoms with Crippen LogP contribution in [0.3, 0.4) is 0 Å². The fourth-order valence-electron chi connectivity index (χ4n) is 0. The second-order valence-electron chi connectivity index (χ2n) is 0.500. The molecule has 0 rings (SSSR count). The van der Waals surface area contributed by atoms with Crippen LogP contribution in [-0.4, -0.2) is 61.2 Å². The molecule has 0 saturated heterocycles. The van der Waals surface area contributed by atoms with Crippen LogP contribution in [0.2, 0.25) is 0 Å². The van der Waals surface area contributed by atoms with E-state index in [1.54, 1.807) is 0 Å². The minimum atomic E-state index is -2.33. The molecule has 0 unspecified atom stereocenters. The van der Waals surface area contributed by atoms with Crippen LogP contribution in [0.25, 0.3) is 0 Å². The first-order chi connectivity index (χ1) is 3.46. The summed E-state index contributed by atoms with van der Waals surface area (Å²) >= 11 is 0. The Hall–Kier alpha value is 0.631. The standard InChI is InChI=1S/2CH2O3.Ba.Cu/c2*2-1(3)4;;/h2*(H2,2,3,4);;/q;;2*+2/p-4. The predicted octanol–water partition coefficient (Wildman–Crippen LogP) is -5.28. The maximum Gasteiger partial charge on any atom is 2.00 e. The van der Waals surface area contributed by atoms with Crippen LogP contribution in [0.1, 0.15) is 0 Å². The largest absolute Gasteiger partial charge is 2.00 e. The van der Waals surface area contributed by atoms with Crippen LogP contribution >= 0.6 is 0 Å². The van der Waals surface area contributed by atoms with E-state index in [-0.39, 0.29) is 65.9 Å². The minimum Gasteiger partial charge on any atom is -0.652 e. The molecule has 0 atom stereocenters. The van der Waals surface area contributed by atoms with Gasteiger partial charge in [-0.05, 0) is 12.3 Å². The summed E-state index contributed by atoms with van der Waals surface area (Å²) in [5.41, 5.74) is 0. The molecule has 0 heterocycles. The van der Waals surface area contributed by atoms with Gasteiger partial charge in [0.15, 0.2) is 0 Å². The Kier molecular flexibility index (Phi) is 36.6. The molecule has 0 aromatic carbocycles. The normalized spacial score (nSPS) is 4.80. The van der Waals surface area contributed by atoms with Crippen molar-refractivity contribution in [2.75, 3.05) is 0 Å². The van der Waals surface area contributed by atoms with E-state index in [1.165, 1.54) is 0 Å². The monoisotopic (exact) mass is 321 g/mol. The summed E-state index contributed by atoms with van der Waals surface area (Å²) in [6, 6.07) is 0. The van der Waals surface area contributed by atoms with Crippen LogP contribution < -0.4 is 20.4 Å². The third kappa shape index (κ3) is 1260. The molecular formula is C2BaCuO6. The maximum atomic E-state index is 8.33. The summed E-state index contributed by atoms with van der Waals surface area (Å²) in [5, 5.41) is 33.3. The molecule has 0 aromatic heterocycles. The second kappa shape index (κ2) is 16.3. The molecule has 8 heteroatoms. The van der Waals surface area contributed by atoms with E-state index in [2.05, 4.69) is 0 Å². The number of carboxylic acid groups (broad SMARTS) is 4. The van der Waals surface area contributed by atoms with E-state index in [0.717, 1.165) is 0 Å². The first kappa shape index (κ1) is 22.4. The van der Waals surface area contributed by atoms with Gasteiger partial charge in [-0.1, -0.05) is 0 Å². The van der Waals surface area contributed by atoms with Crippen LogP contribution in [0, 0.1) is 0 Å². The van der Waals surface area contributed by atoms with E-state index in [4.69, 9.17) is 30.0 Å². The molecule has 57 valence electrons. The van der Waals surface area contributed by atoms with Crippen molar-refractivity contribution in [2.45, 2.75) is 0 Å². The summed E-state index contributed by atoms with van der Waals surface area (Å²) in [4.78, 5) is 16.7. The third-order valence-corrected chi connectivity index (χ3v) is 0. The number of carbonyl (C=O) groups excluding carboxylic acids is 2. The van der Waals surface area contributed by atoms with Crippen molar-refractivity contribution in [1.29, 1.82) is 0 Å². The Morgan fingerprint density at radius 1 is 0.800 bits per heavy atom. The van der Waals surface area contributed by atoms with Gasteiger partial charge in [-0.2, -0.15) is 0 Å². The van der Waals surface area contributed by atoms with Gasteiger partial charge in [0.2, 0.25) is 0 Å². The molecule has 0 aliphatic rings. The molecule has 0 fully saturated rings. The zero-order chi connectivity index (χ0) is 7.15. The van der Waals surface area contributed by atoms with Gasteiger partial charge < -0.3 is 30.0 Å². The van der Waals surface area contributed by atoms with E-state index in [0.29, 0.717) is 0 Å². The molecule has 0 amide bonds. The molecule has 0 bridgehead atoms. The van der Waals surface area contributed by atoms with E-state index >= 15 is 0 Å². The first-order valence-corrected chi connectivity index (χ1v) is 1.22. The average molecular weight is 321 g/mol. The topological polar surface area (TPSA) is 126 Å². The van der Waals surface area contributed by atoms with E-state index in [9.17, 15) is 0 Å². The Morgan fingerprint density at radius 3 is 0.800 bits per heavy atom. The van der Waals surface area contributed by atoms with Crippen molar-refractivity contribution in [2.24, 2.45) is 0 Å². The molecule has 0 aliphatic carbocycles. The zero-order valence-corrected chi connectivity index (χ0v) is 9.84. The molecule has 10 heavy (non-hydrogen) atoms. The zero-order valence-electron chi connectivity index (χ0n) is 4.46. The SMILES string of the molecule is O=C([O-])[O-].O=C([O-])[O-].[Ba+2].[Cu+2]. The van der Waals surface area contributed by atoms with Crippen molar-refractivity contribution >= 4 is 61.2 Å².